The van der Waals surface area contributed by atoms with Crippen LogP contribution in [-0.4, -0.2) is 24.1 Å². The summed E-state index contributed by atoms with van der Waals surface area (Å²) in [4.78, 5) is 0. The van der Waals surface area contributed by atoms with Crippen molar-refractivity contribution in [2.24, 2.45) is 0 Å². The molecule has 0 saturated heterocycles. The van der Waals surface area contributed by atoms with Gasteiger partial charge in [-0.25, -0.2) is 0 Å². The fourth-order valence-corrected chi connectivity index (χ4v) is 3.04. The van der Waals surface area contributed by atoms with Gasteiger partial charge in [-0.05, 0) is 60.7 Å². The Hall–Kier alpha value is -3.67. The van der Waals surface area contributed by atoms with Crippen LogP contribution in [0.15, 0.2) is 65.1 Å². The Kier molecular flexibility index (Phi) is 3.60. The molecule has 2 aromatic heterocycles. The van der Waals surface area contributed by atoms with Crippen LogP contribution in [0.25, 0.3) is 34.0 Å². The maximum Gasteiger partial charge on any atom is 0.231 e. The minimum absolute atomic E-state index is 0.255. The summed E-state index contributed by atoms with van der Waals surface area (Å²) in [6.07, 6.45) is 0. The summed E-state index contributed by atoms with van der Waals surface area (Å²) in [5, 5.41) is 7.43. The van der Waals surface area contributed by atoms with Crippen LogP contribution in [-0.2, 0) is 0 Å². The molecule has 0 radical (unpaired) electrons. The van der Waals surface area contributed by atoms with E-state index in [9.17, 15) is 0 Å². The Morgan fingerprint density at radius 3 is 2.48 bits per heavy atom. The molecular formula is C21H16N2O4. The molecule has 0 atom stereocenters. The van der Waals surface area contributed by atoms with Crippen molar-refractivity contribution in [3.05, 3.63) is 60.7 Å². The van der Waals surface area contributed by atoms with Gasteiger partial charge < -0.3 is 18.6 Å². The van der Waals surface area contributed by atoms with E-state index in [1.54, 1.807) is 7.11 Å². The second-order valence-electron chi connectivity index (χ2n) is 6.13. The highest BCUT2D eigenvalue weighted by atomic mass is 16.7. The molecule has 0 aliphatic carbocycles. The highest BCUT2D eigenvalue weighted by molar-refractivity contribution is 5.70. The predicted molar refractivity (Wildman–Crippen MR) is 99.8 cm³/mol. The number of furan rings is 1. The summed E-state index contributed by atoms with van der Waals surface area (Å²) in [6.45, 7) is 0.255. The van der Waals surface area contributed by atoms with E-state index in [0.29, 0.717) is 0 Å². The van der Waals surface area contributed by atoms with Crippen molar-refractivity contribution in [3.8, 4) is 51.3 Å². The molecule has 1 aliphatic rings. The molecule has 0 spiro atoms. The number of rotatable bonds is 4. The molecule has 6 nitrogen and oxygen atoms in total. The normalized spacial score (nSPS) is 12.3. The summed E-state index contributed by atoms with van der Waals surface area (Å²) in [6, 6.07) is 19.3. The first kappa shape index (κ1) is 15.6. The molecule has 134 valence electrons. The number of aromatic nitrogens is 2. The van der Waals surface area contributed by atoms with Crippen molar-refractivity contribution in [2.45, 2.75) is 0 Å². The molecule has 5 rings (SSSR count). The molecule has 0 saturated carbocycles. The predicted octanol–water partition coefficient (Wildman–Crippen LogP) is 4.74. The van der Waals surface area contributed by atoms with Crippen LogP contribution in [0.4, 0.5) is 0 Å². The molecular weight excluding hydrogens is 344 g/mol. The maximum atomic E-state index is 6.00. The molecule has 6 heteroatoms. The molecule has 3 heterocycles. The van der Waals surface area contributed by atoms with Crippen molar-refractivity contribution in [1.29, 1.82) is 0 Å². The summed E-state index contributed by atoms with van der Waals surface area (Å²) >= 11 is 0. The zero-order valence-electron chi connectivity index (χ0n) is 14.6. The first-order valence-corrected chi connectivity index (χ1v) is 8.50. The smallest absolute Gasteiger partial charge is 0.231 e. The second-order valence-corrected chi connectivity index (χ2v) is 6.13. The molecule has 4 aromatic rings. The van der Waals surface area contributed by atoms with Gasteiger partial charge in [-0.1, -0.05) is 0 Å². The van der Waals surface area contributed by atoms with E-state index in [1.165, 1.54) is 0 Å². The summed E-state index contributed by atoms with van der Waals surface area (Å²) in [7, 11) is 1.65. The van der Waals surface area contributed by atoms with E-state index in [4.69, 9.17) is 18.6 Å². The van der Waals surface area contributed by atoms with Crippen molar-refractivity contribution in [1.82, 2.24) is 10.2 Å². The molecule has 0 bridgehead atoms. The van der Waals surface area contributed by atoms with Gasteiger partial charge in [0.05, 0.1) is 12.8 Å². The number of fused-ring (bicyclic) bond motifs is 1. The number of nitrogens with zero attached hydrogens (tertiary/aromatic N) is 1. The number of aromatic amines is 1. The number of hydrogen-bond donors (Lipinski definition) is 1. The average Bonchev–Trinajstić information content (AvgIpc) is 3.47. The molecule has 0 unspecified atom stereocenters. The number of nitrogens with one attached hydrogen (secondary N) is 1. The van der Waals surface area contributed by atoms with Gasteiger partial charge >= 0.3 is 0 Å². The standard InChI is InChI=1S/C21H16N2O4/c1-24-15-5-2-13(3-6-15)18-8-9-19(27-18)17-11-16(22-23-17)14-4-7-20-21(10-14)26-12-25-20/h2-11H,12H2,1H3,(H,22,23). The fraction of sp³-hybridized carbons (Fsp3) is 0.0952. The first-order chi connectivity index (χ1) is 13.3. The highest BCUT2D eigenvalue weighted by Gasteiger charge is 2.16. The van der Waals surface area contributed by atoms with Crippen molar-refractivity contribution in [3.63, 3.8) is 0 Å². The summed E-state index contributed by atoms with van der Waals surface area (Å²) < 4.78 is 22.0. The Balaban J connectivity index is 1.42. The van der Waals surface area contributed by atoms with Crippen LogP contribution in [0.1, 0.15) is 0 Å². The van der Waals surface area contributed by atoms with Gasteiger partial charge in [-0.15, -0.1) is 0 Å². The Morgan fingerprint density at radius 2 is 1.63 bits per heavy atom. The maximum absolute atomic E-state index is 6.00. The second kappa shape index (κ2) is 6.25. The monoisotopic (exact) mass is 360 g/mol. The van der Waals surface area contributed by atoms with Crippen molar-refractivity contribution in [2.75, 3.05) is 13.9 Å². The lowest BCUT2D eigenvalue weighted by Gasteiger charge is -2.00. The van der Waals surface area contributed by atoms with Crippen LogP contribution >= 0.6 is 0 Å². The lowest BCUT2D eigenvalue weighted by Crippen LogP contribution is -1.92. The number of H-pyrrole nitrogens is 1. The molecule has 2 aromatic carbocycles. The number of methoxy groups -OCH3 is 1. The minimum Gasteiger partial charge on any atom is -0.497 e. The molecule has 0 amide bonds. The van der Waals surface area contributed by atoms with E-state index in [1.807, 2.05) is 60.7 Å². The van der Waals surface area contributed by atoms with Crippen LogP contribution in [0.5, 0.6) is 17.2 Å². The third-order valence-corrected chi connectivity index (χ3v) is 4.49. The zero-order valence-corrected chi connectivity index (χ0v) is 14.6. The minimum atomic E-state index is 0.255. The zero-order chi connectivity index (χ0) is 18.2. The van der Waals surface area contributed by atoms with E-state index >= 15 is 0 Å². The van der Waals surface area contributed by atoms with Crippen molar-refractivity contribution >= 4 is 0 Å². The average molecular weight is 360 g/mol. The quantitative estimate of drug-likeness (QED) is 0.569. The Morgan fingerprint density at radius 1 is 0.852 bits per heavy atom. The lowest BCUT2D eigenvalue weighted by molar-refractivity contribution is 0.174. The molecule has 1 N–H and O–H groups in total. The molecule has 1 aliphatic heterocycles. The Bertz CT molecular complexity index is 1100. The number of benzene rings is 2. The van der Waals surface area contributed by atoms with Gasteiger partial charge in [-0.3, -0.25) is 5.10 Å². The van der Waals surface area contributed by atoms with E-state index < -0.39 is 0 Å². The lowest BCUT2D eigenvalue weighted by atomic mass is 10.1. The van der Waals surface area contributed by atoms with E-state index in [2.05, 4.69) is 10.2 Å². The van der Waals surface area contributed by atoms with Crippen LogP contribution in [0.3, 0.4) is 0 Å². The van der Waals surface area contributed by atoms with E-state index in [0.717, 1.165) is 51.3 Å². The van der Waals surface area contributed by atoms with E-state index in [-0.39, 0.29) is 6.79 Å². The first-order valence-electron chi connectivity index (χ1n) is 8.50. The SMILES string of the molecule is COc1ccc(-c2ccc(-c3cc(-c4ccc5c(c4)OCO5)n[nH]3)o2)cc1. The highest BCUT2D eigenvalue weighted by Crippen LogP contribution is 2.36. The van der Waals surface area contributed by atoms with Crippen LogP contribution in [0.2, 0.25) is 0 Å². The van der Waals surface area contributed by atoms with Gasteiger partial charge in [-0.2, -0.15) is 5.10 Å². The molecule has 27 heavy (non-hydrogen) atoms. The topological polar surface area (TPSA) is 69.5 Å². The molecule has 0 fully saturated rings. The van der Waals surface area contributed by atoms with Crippen LogP contribution < -0.4 is 14.2 Å². The third-order valence-electron chi connectivity index (χ3n) is 4.49. The van der Waals surface area contributed by atoms with Crippen molar-refractivity contribution < 1.29 is 18.6 Å². The number of ether oxygens (including phenoxy) is 3. The van der Waals surface area contributed by atoms with Gasteiger partial charge in [0.2, 0.25) is 6.79 Å². The fourth-order valence-electron chi connectivity index (χ4n) is 3.04. The van der Waals surface area contributed by atoms with Crippen LogP contribution in [0, 0.1) is 0 Å². The third kappa shape index (κ3) is 2.81. The van der Waals surface area contributed by atoms with Gasteiger partial charge in [0.15, 0.2) is 17.3 Å². The Labute approximate surface area is 155 Å². The summed E-state index contributed by atoms with van der Waals surface area (Å²) in [5.74, 6) is 3.81. The van der Waals surface area contributed by atoms with Gasteiger partial charge in [0.1, 0.15) is 17.2 Å². The summed E-state index contributed by atoms with van der Waals surface area (Å²) in [5.41, 5.74) is 3.55. The van der Waals surface area contributed by atoms with Gasteiger partial charge in [0, 0.05) is 11.1 Å². The van der Waals surface area contributed by atoms with Gasteiger partial charge in [0.25, 0.3) is 0 Å². The number of hydrogen-bond acceptors (Lipinski definition) is 5. The largest absolute Gasteiger partial charge is 0.497 e.